The van der Waals surface area contributed by atoms with E-state index in [9.17, 15) is 0 Å². The molecule has 0 radical (unpaired) electrons. The van der Waals surface area contributed by atoms with Crippen LogP contribution in [0.1, 0.15) is 17.7 Å². The van der Waals surface area contributed by atoms with E-state index in [1.54, 1.807) is 0 Å². The van der Waals surface area contributed by atoms with Crippen molar-refractivity contribution in [3.63, 3.8) is 0 Å². The monoisotopic (exact) mass is 973 g/mol. The van der Waals surface area contributed by atoms with Crippen LogP contribution in [0.15, 0.2) is 239 Å². The Morgan fingerprint density at radius 3 is 1.76 bits per heavy atom. The van der Waals surface area contributed by atoms with Gasteiger partial charge in [-0.1, -0.05) is 146 Å². The van der Waals surface area contributed by atoms with Crippen molar-refractivity contribution < 1.29 is 8.83 Å². The highest BCUT2D eigenvalue weighted by molar-refractivity contribution is 6.17. The first-order chi connectivity index (χ1) is 37.7. The van der Waals surface area contributed by atoms with Crippen LogP contribution in [0.2, 0.25) is 0 Å². The standard InChI is InChI=1S/C69H43N5O2/c1-4-16-42(17-5-1)67-70-68(45-33-37-61-57(39-45)51-34-30-44(40-63(51)75-61)43-32-36-60-56(38-43)50-23-11-12-27-58(50)73(60)47-18-6-2-7-19-47)72-69(71-67)46-31-35-55-64(41-46)76-62-29-15-24-52(65(55)62)54-26-14-25-53-49-22-10-13-28-59(49)74(66(53)54)48-20-8-3-9-21-48/h1-12,14-27,29-41H,13,28H2. The van der Waals surface area contributed by atoms with Crippen molar-refractivity contribution in [2.45, 2.75) is 12.8 Å². The van der Waals surface area contributed by atoms with Crippen molar-refractivity contribution in [1.29, 1.82) is 0 Å². The van der Waals surface area contributed by atoms with Crippen LogP contribution in [0.25, 0.3) is 150 Å². The maximum atomic E-state index is 6.78. The van der Waals surface area contributed by atoms with Gasteiger partial charge in [0.1, 0.15) is 22.3 Å². The van der Waals surface area contributed by atoms with Gasteiger partial charge in [0.05, 0.1) is 16.6 Å². The van der Waals surface area contributed by atoms with Gasteiger partial charge in [-0.05, 0) is 121 Å². The van der Waals surface area contributed by atoms with E-state index < -0.39 is 0 Å². The smallest absolute Gasteiger partial charge is 0.164 e. The molecule has 1 aliphatic carbocycles. The van der Waals surface area contributed by atoms with Crippen LogP contribution in [0.5, 0.6) is 0 Å². The first-order valence-electron chi connectivity index (χ1n) is 25.9. The minimum absolute atomic E-state index is 0.557. The third kappa shape index (κ3) is 6.59. The fourth-order valence-electron chi connectivity index (χ4n) is 12.0. The van der Waals surface area contributed by atoms with Gasteiger partial charge in [0, 0.05) is 82.6 Å². The zero-order valence-electron chi connectivity index (χ0n) is 41.0. The molecule has 5 heterocycles. The molecule has 1 aliphatic rings. The lowest BCUT2D eigenvalue weighted by Gasteiger charge is -2.15. The van der Waals surface area contributed by atoms with Crippen LogP contribution in [-0.2, 0) is 6.42 Å². The number of para-hydroxylation sites is 4. The quantitative estimate of drug-likeness (QED) is 0.159. The Kier molecular flexibility index (Phi) is 9.32. The van der Waals surface area contributed by atoms with Crippen LogP contribution in [0.4, 0.5) is 0 Å². The first kappa shape index (κ1) is 42.4. The highest BCUT2D eigenvalue weighted by Gasteiger charge is 2.24. The van der Waals surface area contributed by atoms with Crippen molar-refractivity contribution in [3.8, 4) is 67.8 Å². The van der Waals surface area contributed by atoms with E-state index in [4.69, 9.17) is 23.8 Å². The number of aromatic nitrogens is 5. The van der Waals surface area contributed by atoms with E-state index in [-0.39, 0.29) is 0 Å². The molecular weight excluding hydrogens is 931 g/mol. The molecule has 0 spiro atoms. The number of hydrogen-bond acceptors (Lipinski definition) is 5. The fourth-order valence-corrected chi connectivity index (χ4v) is 12.0. The fraction of sp³-hybridized carbons (Fsp3) is 0.0290. The highest BCUT2D eigenvalue weighted by atomic mass is 16.3. The molecule has 5 aromatic heterocycles. The zero-order valence-corrected chi connectivity index (χ0v) is 41.0. The van der Waals surface area contributed by atoms with E-state index in [1.165, 1.54) is 55.2 Å². The molecule has 356 valence electrons. The molecule has 0 saturated carbocycles. The second-order valence-corrected chi connectivity index (χ2v) is 19.8. The molecule has 76 heavy (non-hydrogen) atoms. The van der Waals surface area contributed by atoms with E-state index in [1.807, 2.05) is 42.5 Å². The summed E-state index contributed by atoms with van der Waals surface area (Å²) >= 11 is 0. The molecule has 16 rings (SSSR count). The van der Waals surface area contributed by atoms with Gasteiger partial charge in [0.2, 0.25) is 0 Å². The Hall–Kier alpha value is -10.1. The summed E-state index contributed by atoms with van der Waals surface area (Å²) in [5.41, 5.74) is 18.8. The Bertz CT molecular complexity index is 4870. The third-order valence-corrected chi connectivity index (χ3v) is 15.4. The third-order valence-electron chi connectivity index (χ3n) is 15.4. The van der Waals surface area contributed by atoms with Crippen molar-refractivity contribution in [3.05, 3.63) is 242 Å². The van der Waals surface area contributed by atoms with E-state index in [2.05, 4.69) is 203 Å². The summed E-state index contributed by atoms with van der Waals surface area (Å²) in [7, 11) is 0. The number of benzene rings is 10. The maximum Gasteiger partial charge on any atom is 0.164 e. The Morgan fingerprint density at radius 2 is 0.934 bits per heavy atom. The van der Waals surface area contributed by atoms with Crippen LogP contribution >= 0.6 is 0 Å². The van der Waals surface area contributed by atoms with Gasteiger partial charge < -0.3 is 18.0 Å². The topological polar surface area (TPSA) is 74.8 Å². The lowest BCUT2D eigenvalue weighted by atomic mass is 9.96. The van der Waals surface area contributed by atoms with Crippen molar-refractivity contribution in [2.75, 3.05) is 0 Å². The number of rotatable bonds is 7. The van der Waals surface area contributed by atoms with Crippen molar-refractivity contribution >= 4 is 82.7 Å². The molecule has 0 atom stereocenters. The summed E-state index contributed by atoms with van der Waals surface area (Å²) in [6.07, 6.45) is 6.61. The van der Waals surface area contributed by atoms with Gasteiger partial charge >= 0.3 is 0 Å². The van der Waals surface area contributed by atoms with Crippen LogP contribution in [-0.4, -0.2) is 24.1 Å². The summed E-state index contributed by atoms with van der Waals surface area (Å²) in [6.45, 7) is 0. The van der Waals surface area contributed by atoms with Crippen molar-refractivity contribution in [1.82, 2.24) is 24.1 Å². The number of furan rings is 2. The predicted octanol–water partition coefficient (Wildman–Crippen LogP) is 18.0. The van der Waals surface area contributed by atoms with E-state index >= 15 is 0 Å². The molecule has 0 fully saturated rings. The van der Waals surface area contributed by atoms with Gasteiger partial charge in [0.25, 0.3) is 0 Å². The second kappa shape index (κ2) is 16.7. The number of hydrogen-bond donors (Lipinski definition) is 0. The van der Waals surface area contributed by atoms with Gasteiger partial charge in [0.15, 0.2) is 17.5 Å². The lowest BCUT2D eigenvalue weighted by molar-refractivity contribution is 0.668. The number of nitrogens with zero attached hydrogens (tertiary/aromatic N) is 5. The molecule has 0 amide bonds. The Balaban J connectivity index is 0.794. The van der Waals surface area contributed by atoms with Gasteiger partial charge in [-0.15, -0.1) is 0 Å². The Morgan fingerprint density at radius 1 is 0.355 bits per heavy atom. The molecule has 15 aromatic rings. The average molecular weight is 974 g/mol. The first-order valence-corrected chi connectivity index (χ1v) is 25.9. The van der Waals surface area contributed by atoms with Crippen LogP contribution in [0.3, 0.4) is 0 Å². The zero-order chi connectivity index (χ0) is 49.8. The number of allylic oxidation sites excluding steroid dienone is 1. The molecule has 7 nitrogen and oxygen atoms in total. The second-order valence-electron chi connectivity index (χ2n) is 19.8. The van der Waals surface area contributed by atoms with E-state index in [0.717, 1.165) is 95.8 Å². The summed E-state index contributed by atoms with van der Waals surface area (Å²) < 4.78 is 18.2. The molecule has 10 aromatic carbocycles. The minimum Gasteiger partial charge on any atom is -0.456 e. The van der Waals surface area contributed by atoms with Crippen LogP contribution < -0.4 is 0 Å². The lowest BCUT2D eigenvalue weighted by Crippen LogP contribution is -2.03. The van der Waals surface area contributed by atoms with E-state index in [0.29, 0.717) is 17.5 Å². The molecule has 0 unspecified atom stereocenters. The minimum atomic E-state index is 0.557. The highest BCUT2D eigenvalue weighted by Crippen LogP contribution is 2.45. The summed E-state index contributed by atoms with van der Waals surface area (Å²) in [5, 5.41) is 7.80. The normalized spacial score (nSPS) is 12.6. The Labute approximate surface area is 435 Å². The van der Waals surface area contributed by atoms with Gasteiger partial charge in [-0.25, -0.2) is 15.0 Å². The largest absolute Gasteiger partial charge is 0.456 e. The SMILES string of the molecule is C1=Cc2c(n(-c3ccccc3)c3c(-c4cccc5oc6cc(-c7nc(-c8ccccc8)nc(-c8ccc9oc%10cc(-c%11ccc%12c(c%11)c%11ccccc%11n%12-c%11ccccc%11)ccc%10c9c8)n7)ccc6c45)cccc23)CC1. The summed E-state index contributed by atoms with van der Waals surface area (Å²) in [6, 6.07) is 79.0. The molecule has 0 N–H and O–H groups in total. The molecule has 0 bridgehead atoms. The van der Waals surface area contributed by atoms with Crippen molar-refractivity contribution in [2.24, 2.45) is 0 Å². The van der Waals surface area contributed by atoms with Gasteiger partial charge in [-0.2, -0.15) is 0 Å². The molecule has 0 aliphatic heterocycles. The molecular formula is C69H43N5O2. The average Bonchev–Trinajstić information content (AvgIpc) is 4.26. The summed E-state index contributed by atoms with van der Waals surface area (Å²) in [5.74, 6) is 1.71. The molecule has 7 heteroatoms. The molecule has 0 saturated heterocycles. The predicted molar refractivity (Wildman–Crippen MR) is 310 cm³/mol. The van der Waals surface area contributed by atoms with Gasteiger partial charge in [-0.3, -0.25) is 0 Å². The summed E-state index contributed by atoms with van der Waals surface area (Å²) in [4.78, 5) is 15.5. The van der Waals surface area contributed by atoms with Crippen LogP contribution in [0, 0.1) is 0 Å². The maximum absolute atomic E-state index is 6.78. The number of fused-ring (bicyclic) bond motifs is 12.